The zero-order valence-electron chi connectivity index (χ0n) is 26.2. The van der Waals surface area contributed by atoms with Crippen molar-refractivity contribution < 1.29 is 33.8 Å². The van der Waals surface area contributed by atoms with Crippen LogP contribution in [0.15, 0.2) is 24.8 Å². The Labute approximate surface area is 256 Å². The minimum absolute atomic E-state index is 0.0768. The van der Waals surface area contributed by atoms with Gasteiger partial charge in [0.25, 0.3) is 0 Å². The maximum absolute atomic E-state index is 13.6. The molecule has 6 rings (SSSR count). The summed E-state index contributed by atoms with van der Waals surface area (Å²) in [6.07, 6.45) is 5.96. The molecule has 0 aromatic heterocycles. The molecule has 43 heavy (non-hydrogen) atoms. The highest BCUT2D eigenvalue weighted by atomic mass is 16.6. The van der Waals surface area contributed by atoms with Crippen molar-refractivity contribution in [2.45, 2.75) is 97.4 Å². The molecule has 3 N–H and O–H groups in total. The number of nitrogens with one attached hydrogen (secondary N) is 1. The van der Waals surface area contributed by atoms with Gasteiger partial charge < -0.3 is 29.6 Å². The first-order chi connectivity index (χ1) is 20.4. The molecule has 4 fully saturated rings. The molecule has 1 aromatic carbocycles. The number of benzene rings is 1. The number of ketones is 1. The highest BCUT2D eigenvalue weighted by molar-refractivity contribution is 6.61. The molecule has 0 radical (unpaired) electrons. The van der Waals surface area contributed by atoms with E-state index in [1.807, 2.05) is 19.1 Å². The Kier molecular flexibility index (Phi) is 8.10. The number of Topliss-reactive ketones (excluding diaryl/α,β-unsaturated/α-hetero) is 1. The van der Waals surface area contributed by atoms with Crippen LogP contribution in [-0.4, -0.2) is 60.9 Å². The van der Waals surface area contributed by atoms with Crippen molar-refractivity contribution in [3.8, 4) is 5.75 Å². The van der Waals surface area contributed by atoms with Gasteiger partial charge in [-0.05, 0) is 104 Å². The summed E-state index contributed by atoms with van der Waals surface area (Å²) in [5.74, 6) is 0.380. The van der Waals surface area contributed by atoms with Gasteiger partial charge in [-0.3, -0.25) is 4.79 Å². The van der Waals surface area contributed by atoms with E-state index in [1.165, 1.54) is 0 Å². The number of ether oxygens (including phenoxy) is 2. The Hall–Kier alpha value is -2.20. The summed E-state index contributed by atoms with van der Waals surface area (Å²) in [4.78, 5) is 27.2. The molecule has 5 aliphatic rings. The van der Waals surface area contributed by atoms with Gasteiger partial charge >= 0.3 is 13.1 Å². The second-order valence-corrected chi connectivity index (χ2v) is 14.6. The Morgan fingerprint density at radius 3 is 2.67 bits per heavy atom. The number of hydrogen-bond donors (Lipinski definition) is 3. The first kappa shape index (κ1) is 30.8. The zero-order valence-corrected chi connectivity index (χ0v) is 26.2. The van der Waals surface area contributed by atoms with E-state index in [-0.39, 0.29) is 35.6 Å². The summed E-state index contributed by atoms with van der Waals surface area (Å²) in [6, 6.07) is 3.76. The Balaban J connectivity index is 1.27. The second kappa shape index (κ2) is 11.3. The molecule has 8 nitrogen and oxygen atoms in total. The maximum atomic E-state index is 13.6. The van der Waals surface area contributed by atoms with E-state index in [0.29, 0.717) is 36.6 Å². The van der Waals surface area contributed by atoms with Crippen LogP contribution in [0, 0.1) is 34.0 Å². The lowest BCUT2D eigenvalue weighted by molar-refractivity contribution is -0.207. The van der Waals surface area contributed by atoms with Gasteiger partial charge in [0.15, 0.2) is 6.61 Å². The van der Waals surface area contributed by atoms with Crippen molar-refractivity contribution in [1.82, 2.24) is 5.32 Å². The minimum Gasteiger partial charge on any atom is -0.482 e. The third-order valence-electron chi connectivity index (χ3n) is 12.7. The largest absolute Gasteiger partial charge is 0.491 e. The van der Waals surface area contributed by atoms with E-state index in [0.717, 1.165) is 56.3 Å². The molecule has 2 heterocycles. The third kappa shape index (κ3) is 4.90. The van der Waals surface area contributed by atoms with Gasteiger partial charge in [0, 0.05) is 23.2 Å². The number of fused-ring (bicyclic) bond motifs is 1. The minimum atomic E-state index is -1.01. The van der Waals surface area contributed by atoms with Gasteiger partial charge in [0.05, 0.1) is 12.7 Å². The van der Waals surface area contributed by atoms with Crippen LogP contribution in [0.2, 0.25) is 0 Å². The van der Waals surface area contributed by atoms with Crippen molar-refractivity contribution in [2.75, 3.05) is 19.7 Å². The van der Waals surface area contributed by atoms with Crippen LogP contribution in [0.3, 0.4) is 0 Å². The summed E-state index contributed by atoms with van der Waals surface area (Å²) in [7, 11) is -1.01. The molecule has 2 aliphatic heterocycles. The SMILES string of the molecule is C=C[C@]1(C)CC(OC(=O)COc2cc3c(c(C4CCNCC4)c2)COB3O)[C@]2(C)[C@H](C)CC[C@]3(CCC(=O)[C@H]32)[C@@H](C)[C@@H]1O. The number of aliphatic hydroxyl groups excluding tert-OH is 1. The number of carbonyl (C=O) groups excluding carboxylic acids is 2. The van der Waals surface area contributed by atoms with Gasteiger partial charge in [-0.1, -0.05) is 33.8 Å². The van der Waals surface area contributed by atoms with Gasteiger partial charge in [-0.2, -0.15) is 0 Å². The molecule has 0 amide bonds. The third-order valence-corrected chi connectivity index (χ3v) is 12.7. The van der Waals surface area contributed by atoms with E-state index in [1.54, 1.807) is 6.07 Å². The van der Waals surface area contributed by atoms with Crippen LogP contribution in [0.25, 0.3) is 0 Å². The average Bonchev–Trinajstić information content (AvgIpc) is 3.56. The lowest BCUT2D eigenvalue weighted by atomic mass is 9.44. The van der Waals surface area contributed by atoms with Crippen LogP contribution in [0.4, 0.5) is 0 Å². The monoisotopic (exact) mass is 593 g/mol. The van der Waals surface area contributed by atoms with E-state index in [9.17, 15) is 19.7 Å². The van der Waals surface area contributed by atoms with Gasteiger partial charge in [0.1, 0.15) is 17.6 Å². The Bertz CT molecular complexity index is 1280. The molecule has 3 saturated carbocycles. The summed E-state index contributed by atoms with van der Waals surface area (Å²) < 4.78 is 18.0. The van der Waals surface area contributed by atoms with Gasteiger partial charge in [-0.15, -0.1) is 6.58 Å². The van der Waals surface area contributed by atoms with E-state index < -0.39 is 36.1 Å². The predicted molar refractivity (Wildman–Crippen MR) is 164 cm³/mol. The molecular weight excluding hydrogens is 545 g/mol. The molecule has 8 atom stereocenters. The van der Waals surface area contributed by atoms with Gasteiger partial charge in [0.2, 0.25) is 0 Å². The molecule has 2 bridgehead atoms. The first-order valence-corrected chi connectivity index (χ1v) is 16.3. The quantitative estimate of drug-likeness (QED) is 0.260. The average molecular weight is 594 g/mol. The van der Waals surface area contributed by atoms with Gasteiger partial charge in [-0.25, -0.2) is 4.79 Å². The fourth-order valence-corrected chi connectivity index (χ4v) is 9.75. The summed E-state index contributed by atoms with van der Waals surface area (Å²) in [5.41, 5.74) is 1.25. The highest BCUT2D eigenvalue weighted by Gasteiger charge is 2.68. The van der Waals surface area contributed by atoms with Crippen LogP contribution < -0.4 is 15.5 Å². The topological polar surface area (TPSA) is 114 Å². The number of piperidine rings is 1. The molecule has 1 aromatic rings. The van der Waals surface area contributed by atoms with E-state index in [4.69, 9.17) is 14.1 Å². The Morgan fingerprint density at radius 2 is 1.95 bits per heavy atom. The zero-order chi connectivity index (χ0) is 30.7. The van der Waals surface area contributed by atoms with E-state index in [2.05, 4.69) is 32.7 Å². The maximum Gasteiger partial charge on any atom is 0.491 e. The highest BCUT2D eigenvalue weighted by Crippen LogP contribution is 2.68. The van der Waals surface area contributed by atoms with Crippen LogP contribution in [0.5, 0.6) is 5.75 Å². The smallest absolute Gasteiger partial charge is 0.482 e. The van der Waals surface area contributed by atoms with Crippen LogP contribution in [0.1, 0.15) is 89.7 Å². The van der Waals surface area contributed by atoms with Crippen LogP contribution in [-0.2, 0) is 25.6 Å². The van der Waals surface area contributed by atoms with Crippen LogP contribution >= 0.6 is 0 Å². The number of hydrogen-bond acceptors (Lipinski definition) is 8. The molecule has 0 spiro atoms. The summed E-state index contributed by atoms with van der Waals surface area (Å²) in [6.45, 7) is 14.4. The fraction of sp³-hybridized carbons (Fsp3) is 0.706. The number of aliphatic hydroxyl groups is 1. The lowest BCUT2D eigenvalue weighted by Crippen LogP contribution is -2.63. The number of carbonyl (C=O) groups is 2. The Morgan fingerprint density at radius 1 is 1.21 bits per heavy atom. The molecule has 3 aliphatic carbocycles. The van der Waals surface area contributed by atoms with Crippen molar-refractivity contribution in [3.05, 3.63) is 35.9 Å². The summed E-state index contributed by atoms with van der Waals surface area (Å²) >= 11 is 0. The molecule has 234 valence electrons. The molecule has 9 heteroatoms. The molecular formula is C34H48BNO7. The summed E-state index contributed by atoms with van der Waals surface area (Å²) in [5, 5.41) is 25.6. The van der Waals surface area contributed by atoms with E-state index >= 15 is 0 Å². The number of esters is 1. The second-order valence-electron chi connectivity index (χ2n) is 14.6. The first-order valence-electron chi connectivity index (χ1n) is 16.3. The van der Waals surface area contributed by atoms with Crippen molar-refractivity contribution in [1.29, 1.82) is 0 Å². The predicted octanol–water partition coefficient (Wildman–Crippen LogP) is 3.66. The normalized spacial score (nSPS) is 39.4. The lowest BCUT2D eigenvalue weighted by Gasteiger charge is -2.61. The van der Waals surface area contributed by atoms with Crippen molar-refractivity contribution >= 4 is 24.3 Å². The fourth-order valence-electron chi connectivity index (χ4n) is 9.75. The molecule has 1 saturated heterocycles. The van der Waals surface area contributed by atoms with Crippen molar-refractivity contribution in [3.63, 3.8) is 0 Å². The standard InChI is InChI=1S/C34H48BNO7/c1-6-32(4)17-28(33(5)20(2)7-11-34(21(3)31(32)39)12-8-27(37)30(33)34)43-29(38)19-41-23-15-24(22-9-13-36-14-10-22)25-18-42-35(40)26(25)16-23/h6,15-16,20-22,28,30-31,36,39-40H,1,7-14,17-19H2,2-5H3/t20-,21+,28?,30+,31+,32-,33+,34+/m1/s1. The molecule has 1 unspecified atom stereocenters. The van der Waals surface area contributed by atoms with Crippen molar-refractivity contribution in [2.24, 2.45) is 34.0 Å². The number of rotatable bonds is 6.